The van der Waals surface area contributed by atoms with Gasteiger partial charge < -0.3 is 10.4 Å². The number of aliphatic hydroxyl groups is 1. The summed E-state index contributed by atoms with van der Waals surface area (Å²) in [4.78, 5) is 14.2. The van der Waals surface area contributed by atoms with Crippen molar-refractivity contribution in [1.82, 2.24) is 5.32 Å². The van der Waals surface area contributed by atoms with Gasteiger partial charge in [0.05, 0.1) is 5.56 Å². The van der Waals surface area contributed by atoms with E-state index in [-0.39, 0.29) is 12.5 Å². The van der Waals surface area contributed by atoms with Crippen molar-refractivity contribution in [1.29, 1.82) is 0 Å². The van der Waals surface area contributed by atoms with Gasteiger partial charge in [0.15, 0.2) is 0 Å². The van der Waals surface area contributed by atoms with Gasteiger partial charge in [-0.2, -0.15) is 0 Å². The van der Waals surface area contributed by atoms with E-state index < -0.39 is 0 Å². The van der Waals surface area contributed by atoms with Gasteiger partial charge in [0, 0.05) is 22.9 Å². The van der Waals surface area contributed by atoms with Crippen molar-refractivity contribution < 1.29 is 9.90 Å². The molecule has 1 atom stereocenters. The number of hydrogen-bond donors (Lipinski definition) is 2. The molecule has 0 spiro atoms. The van der Waals surface area contributed by atoms with Gasteiger partial charge in [0.25, 0.3) is 5.91 Å². The number of hydrogen-bond acceptors (Lipinski definition) is 3. The molecular formula is C13H21NO2S. The molecule has 4 heteroatoms. The zero-order valence-electron chi connectivity index (χ0n) is 10.7. The van der Waals surface area contributed by atoms with Crippen LogP contribution in [0.4, 0.5) is 0 Å². The van der Waals surface area contributed by atoms with E-state index in [0.29, 0.717) is 12.5 Å². The maximum atomic E-state index is 11.9. The first-order valence-electron chi connectivity index (χ1n) is 6.04. The normalized spacial score (nSPS) is 12.5. The predicted octanol–water partition coefficient (Wildman–Crippen LogP) is 2.50. The van der Waals surface area contributed by atoms with E-state index in [4.69, 9.17) is 5.11 Å². The molecule has 0 fully saturated rings. The molecule has 1 amide bonds. The second kappa shape index (κ2) is 6.77. The Labute approximate surface area is 107 Å². The number of carbonyl (C=O) groups excluding carboxylic acids is 1. The zero-order valence-corrected chi connectivity index (χ0v) is 11.6. The van der Waals surface area contributed by atoms with Crippen molar-refractivity contribution in [3.8, 4) is 0 Å². The highest BCUT2D eigenvalue weighted by Gasteiger charge is 2.13. The van der Waals surface area contributed by atoms with Crippen LogP contribution in [-0.2, 0) is 0 Å². The molecular weight excluding hydrogens is 234 g/mol. The Bertz CT molecular complexity index is 373. The zero-order chi connectivity index (χ0) is 12.8. The molecule has 0 aromatic carbocycles. The molecule has 1 aromatic rings. The molecule has 1 heterocycles. The summed E-state index contributed by atoms with van der Waals surface area (Å²) < 4.78 is 0. The lowest BCUT2D eigenvalue weighted by Gasteiger charge is -2.14. The molecule has 1 rings (SSSR count). The van der Waals surface area contributed by atoms with Gasteiger partial charge in [0.1, 0.15) is 0 Å². The second-order valence-corrected chi connectivity index (χ2v) is 5.78. The molecule has 3 nitrogen and oxygen atoms in total. The molecule has 0 aliphatic heterocycles. The van der Waals surface area contributed by atoms with Crippen molar-refractivity contribution in [2.24, 2.45) is 5.92 Å². The second-order valence-electron chi connectivity index (χ2n) is 4.32. The third-order valence-corrected chi connectivity index (χ3v) is 3.92. The molecule has 0 saturated heterocycles. The van der Waals surface area contributed by atoms with Crippen LogP contribution in [0.1, 0.15) is 39.9 Å². The lowest BCUT2D eigenvalue weighted by molar-refractivity contribution is 0.0943. The van der Waals surface area contributed by atoms with Gasteiger partial charge in [-0.3, -0.25) is 4.79 Å². The average Bonchev–Trinajstić information content (AvgIpc) is 2.63. The van der Waals surface area contributed by atoms with Gasteiger partial charge in [-0.15, -0.1) is 11.3 Å². The summed E-state index contributed by atoms with van der Waals surface area (Å²) in [7, 11) is 0. The molecule has 17 heavy (non-hydrogen) atoms. The van der Waals surface area contributed by atoms with E-state index >= 15 is 0 Å². The first-order valence-corrected chi connectivity index (χ1v) is 6.86. The summed E-state index contributed by atoms with van der Waals surface area (Å²) in [6, 6.07) is 1.93. The smallest absolute Gasteiger partial charge is 0.252 e. The summed E-state index contributed by atoms with van der Waals surface area (Å²) in [6.45, 7) is 6.88. The van der Waals surface area contributed by atoms with Gasteiger partial charge in [-0.05, 0) is 32.3 Å². The van der Waals surface area contributed by atoms with Crippen molar-refractivity contribution in [2.75, 3.05) is 13.2 Å². The third kappa shape index (κ3) is 4.13. The lowest BCUT2D eigenvalue weighted by atomic mass is 10.0. The van der Waals surface area contributed by atoms with Crippen LogP contribution in [0, 0.1) is 19.8 Å². The first-order chi connectivity index (χ1) is 8.08. The molecule has 1 unspecified atom stereocenters. The van der Waals surface area contributed by atoms with Gasteiger partial charge >= 0.3 is 0 Å². The first kappa shape index (κ1) is 14.2. The monoisotopic (exact) mass is 255 g/mol. The quantitative estimate of drug-likeness (QED) is 0.820. The molecule has 2 N–H and O–H groups in total. The van der Waals surface area contributed by atoms with E-state index in [9.17, 15) is 4.79 Å². The fraction of sp³-hybridized carbons (Fsp3) is 0.615. The summed E-state index contributed by atoms with van der Waals surface area (Å²) in [6.07, 6.45) is 1.72. The van der Waals surface area contributed by atoms with Gasteiger partial charge in [0.2, 0.25) is 0 Å². The van der Waals surface area contributed by atoms with E-state index in [1.54, 1.807) is 11.3 Å². The van der Waals surface area contributed by atoms with E-state index in [0.717, 1.165) is 28.2 Å². The summed E-state index contributed by atoms with van der Waals surface area (Å²) in [5, 5.41) is 11.8. The van der Waals surface area contributed by atoms with Crippen LogP contribution in [0.3, 0.4) is 0 Å². The third-order valence-electron chi connectivity index (χ3n) is 2.95. The highest BCUT2D eigenvalue weighted by molar-refractivity contribution is 7.12. The number of rotatable bonds is 6. The van der Waals surface area contributed by atoms with E-state index in [1.807, 2.05) is 19.9 Å². The maximum absolute atomic E-state index is 11.9. The number of amides is 1. The molecule has 0 aliphatic carbocycles. The van der Waals surface area contributed by atoms with E-state index in [2.05, 4.69) is 12.2 Å². The predicted molar refractivity (Wildman–Crippen MR) is 71.6 cm³/mol. The van der Waals surface area contributed by atoms with Crippen LogP contribution in [0.15, 0.2) is 6.07 Å². The Balaban J connectivity index is 2.52. The largest absolute Gasteiger partial charge is 0.396 e. The minimum Gasteiger partial charge on any atom is -0.396 e. The topological polar surface area (TPSA) is 49.3 Å². The number of aliphatic hydroxyl groups excluding tert-OH is 1. The summed E-state index contributed by atoms with van der Waals surface area (Å²) >= 11 is 1.65. The number of carbonyl (C=O) groups is 1. The van der Waals surface area contributed by atoms with Crippen molar-refractivity contribution in [3.63, 3.8) is 0 Å². The Kier molecular flexibility index (Phi) is 5.65. The standard InChI is InChI=1S/C13H21NO2S/c1-4-11(5-6-15)8-14-13(16)12-7-9(2)17-10(12)3/h7,11,15H,4-6,8H2,1-3H3,(H,14,16). The van der Waals surface area contributed by atoms with Crippen molar-refractivity contribution >= 4 is 17.2 Å². The SMILES string of the molecule is CCC(CCO)CNC(=O)c1cc(C)sc1C. The number of nitrogens with one attached hydrogen (secondary N) is 1. The average molecular weight is 255 g/mol. The lowest BCUT2D eigenvalue weighted by Crippen LogP contribution is -2.29. The van der Waals surface area contributed by atoms with Crippen LogP contribution < -0.4 is 5.32 Å². The Morgan fingerprint density at radius 3 is 2.71 bits per heavy atom. The summed E-state index contributed by atoms with van der Waals surface area (Å²) in [5.41, 5.74) is 0.784. The van der Waals surface area contributed by atoms with Crippen LogP contribution in [0.2, 0.25) is 0 Å². The van der Waals surface area contributed by atoms with Crippen LogP contribution in [0.5, 0.6) is 0 Å². The number of thiophene rings is 1. The van der Waals surface area contributed by atoms with Crippen LogP contribution in [-0.4, -0.2) is 24.2 Å². The fourth-order valence-corrected chi connectivity index (χ4v) is 2.74. The summed E-state index contributed by atoms with van der Waals surface area (Å²) in [5.74, 6) is 0.368. The number of aryl methyl sites for hydroxylation is 2. The van der Waals surface area contributed by atoms with Gasteiger partial charge in [-0.1, -0.05) is 13.3 Å². The maximum Gasteiger partial charge on any atom is 0.252 e. The van der Waals surface area contributed by atoms with E-state index in [1.165, 1.54) is 0 Å². The Morgan fingerprint density at radius 2 is 2.24 bits per heavy atom. The van der Waals surface area contributed by atoms with Gasteiger partial charge in [-0.25, -0.2) is 0 Å². The molecule has 1 aromatic heterocycles. The molecule has 96 valence electrons. The minimum absolute atomic E-state index is 0.00300. The highest BCUT2D eigenvalue weighted by Crippen LogP contribution is 2.20. The Morgan fingerprint density at radius 1 is 1.53 bits per heavy atom. The van der Waals surface area contributed by atoms with Crippen LogP contribution >= 0.6 is 11.3 Å². The van der Waals surface area contributed by atoms with Crippen LogP contribution in [0.25, 0.3) is 0 Å². The molecule has 0 bridgehead atoms. The Hall–Kier alpha value is -0.870. The van der Waals surface area contributed by atoms with Crippen molar-refractivity contribution in [3.05, 3.63) is 21.4 Å². The molecule has 0 radical (unpaired) electrons. The molecule has 0 aliphatic rings. The fourth-order valence-electron chi connectivity index (χ4n) is 1.82. The molecule has 0 saturated carbocycles. The van der Waals surface area contributed by atoms with Crippen molar-refractivity contribution in [2.45, 2.75) is 33.6 Å². The minimum atomic E-state index is 0.00300. The highest BCUT2D eigenvalue weighted by atomic mass is 32.1.